The largest absolute Gasteiger partial charge is 0.430 e. The van der Waals surface area contributed by atoms with Crippen molar-refractivity contribution in [1.29, 1.82) is 0 Å². The minimum absolute atomic E-state index is 0.104. The number of carbonyl (C=O) groups is 1. The molecule has 11 heteroatoms. The van der Waals surface area contributed by atoms with Gasteiger partial charge in [-0.2, -0.15) is 26.3 Å². The fourth-order valence-electron chi connectivity index (χ4n) is 3.28. The lowest BCUT2D eigenvalue weighted by molar-refractivity contribution is -0.376. The second kappa shape index (κ2) is 8.47. The summed E-state index contributed by atoms with van der Waals surface area (Å²) in [6.45, 7) is 0.0580. The number of nitrogens with one attached hydrogen (secondary N) is 1. The third-order valence-electron chi connectivity index (χ3n) is 4.88. The Kier molecular flexibility index (Phi) is 6.25. The van der Waals surface area contributed by atoms with E-state index < -0.39 is 23.5 Å². The van der Waals surface area contributed by atoms with Gasteiger partial charge in [-0.05, 0) is 29.8 Å². The van der Waals surface area contributed by atoms with Gasteiger partial charge in [-0.1, -0.05) is 24.3 Å². The van der Waals surface area contributed by atoms with E-state index in [0.29, 0.717) is 23.4 Å². The summed E-state index contributed by atoms with van der Waals surface area (Å²) in [7, 11) is 1.39. The predicted molar refractivity (Wildman–Crippen MR) is 104 cm³/mol. The van der Waals surface area contributed by atoms with Crippen molar-refractivity contribution < 1.29 is 41.0 Å². The molecule has 172 valence electrons. The summed E-state index contributed by atoms with van der Waals surface area (Å²) in [5, 5.41) is 12.9. The molecular formula is C21H18F6N2O3. The van der Waals surface area contributed by atoms with Crippen LogP contribution in [0.25, 0.3) is 10.9 Å². The van der Waals surface area contributed by atoms with E-state index >= 15 is 0 Å². The fraction of sp³-hybridized carbons (Fsp3) is 0.286. The quantitative estimate of drug-likeness (QED) is 0.529. The number of nitrogens with zero attached hydrogens (tertiary/aromatic N) is 1. The van der Waals surface area contributed by atoms with Gasteiger partial charge in [0.15, 0.2) is 0 Å². The maximum atomic E-state index is 13.0. The summed E-state index contributed by atoms with van der Waals surface area (Å²) in [4.78, 5) is 11.6. The minimum atomic E-state index is -5.93. The third kappa shape index (κ3) is 4.44. The number of fused-ring (bicyclic) bond motifs is 1. The van der Waals surface area contributed by atoms with Crippen LogP contribution in [0.4, 0.5) is 32.0 Å². The molecule has 0 spiro atoms. The number of amides is 1. The first-order valence-electron chi connectivity index (χ1n) is 9.20. The average Bonchev–Trinajstić information content (AvgIpc) is 3.08. The zero-order chi connectivity index (χ0) is 23.7. The Balaban J connectivity index is 1.83. The molecule has 0 saturated heterocycles. The Hall–Kier alpha value is -3.05. The van der Waals surface area contributed by atoms with Gasteiger partial charge < -0.3 is 19.7 Å². The molecule has 2 N–H and O–H groups in total. The summed E-state index contributed by atoms with van der Waals surface area (Å²) in [5.41, 5.74) is -4.56. The number of hydrogen-bond donors (Lipinski definition) is 2. The first-order chi connectivity index (χ1) is 14.9. The molecule has 32 heavy (non-hydrogen) atoms. The van der Waals surface area contributed by atoms with Crippen molar-refractivity contribution in [2.45, 2.75) is 24.5 Å². The van der Waals surface area contributed by atoms with Crippen molar-refractivity contribution in [1.82, 2.24) is 4.57 Å². The Morgan fingerprint density at radius 2 is 1.62 bits per heavy atom. The Labute approximate surface area is 178 Å². The molecule has 0 saturated carbocycles. The highest BCUT2D eigenvalue weighted by Gasteiger charge is 2.71. The molecule has 0 aliphatic carbocycles. The van der Waals surface area contributed by atoms with E-state index in [9.17, 15) is 36.2 Å². The van der Waals surface area contributed by atoms with Gasteiger partial charge in [0, 0.05) is 42.0 Å². The Bertz CT molecular complexity index is 1090. The van der Waals surface area contributed by atoms with E-state index in [1.165, 1.54) is 7.11 Å². The number of alkyl halides is 6. The zero-order valence-corrected chi connectivity index (χ0v) is 16.6. The molecule has 0 fully saturated rings. The number of carbonyl (C=O) groups excluding carboxylic acids is 1. The normalized spacial score (nSPS) is 12.9. The van der Waals surface area contributed by atoms with Crippen LogP contribution in [0.15, 0.2) is 54.7 Å². The molecule has 1 heterocycles. The topological polar surface area (TPSA) is 63.5 Å². The van der Waals surface area contributed by atoms with Crippen molar-refractivity contribution in [2.75, 3.05) is 19.0 Å². The molecule has 2 aromatic carbocycles. The lowest BCUT2D eigenvalue weighted by Crippen LogP contribution is -2.53. The Morgan fingerprint density at radius 1 is 1.00 bits per heavy atom. The van der Waals surface area contributed by atoms with Crippen LogP contribution in [0, 0.1) is 0 Å². The number of methoxy groups -OCH3 is 1. The summed E-state index contributed by atoms with van der Waals surface area (Å²) >= 11 is 0. The van der Waals surface area contributed by atoms with Crippen LogP contribution in [0.5, 0.6) is 0 Å². The molecule has 0 unspecified atom stereocenters. The van der Waals surface area contributed by atoms with Crippen molar-refractivity contribution in [2.24, 2.45) is 0 Å². The molecule has 0 aliphatic rings. The molecular weight excluding hydrogens is 442 g/mol. The van der Waals surface area contributed by atoms with Crippen LogP contribution in [0.3, 0.4) is 0 Å². The second-order valence-electron chi connectivity index (χ2n) is 7.10. The molecule has 1 amide bonds. The molecule has 5 nitrogen and oxygen atoms in total. The monoisotopic (exact) mass is 460 g/mol. The SMILES string of the molecule is COCC(=O)Nc1ccc2c(ccn2Cc2ccc(C(O)(C(F)(F)F)C(F)(F)F)cc2)c1. The van der Waals surface area contributed by atoms with E-state index in [1.54, 1.807) is 35.0 Å². The van der Waals surface area contributed by atoms with Gasteiger partial charge in [-0.25, -0.2) is 0 Å². The molecule has 0 aliphatic heterocycles. The zero-order valence-electron chi connectivity index (χ0n) is 16.6. The van der Waals surface area contributed by atoms with Gasteiger partial charge in [0.05, 0.1) is 0 Å². The van der Waals surface area contributed by atoms with Crippen LogP contribution in [-0.4, -0.2) is 41.7 Å². The lowest BCUT2D eigenvalue weighted by atomic mass is 9.91. The van der Waals surface area contributed by atoms with Gasteiger partial charge in [-0.15, -0.1) is 0 Å². The van der Waals surface area contributed by atoms with Gasteiger partial charge in [0.2, 0.25) is 5.91 Å². The van der Waals surface area contributed by atoms with Gasteiger partial charge in [0.25, 0.3) is 5.60 Å². The fourth-order valence-corrected chi connectivity index (χ4v) is 3.28. The van der Waals surface area contributed by atoms with Gasteiger partial charge in [-0.3, -0.25) is 4.79 Å². The summed E-state index contributed by atoms with van der Waals surface area (Å²) in [6, 6.07) is 10.3. The van der Waals surface area contributed by atoms with E-state index in [4.69, 9.17) is 4.74 Å². The van der Waals surface area contributed by atoms with Crippen LogP contribution in [0.2, 0.25) is 0 Å². The van der Waals surface area contributed by atoms with Crippen LogP contribution < -0.4 is 5.32 Å². The lowest BCUT2D eigenvalue weighted by Gasteiger charge is -2.32. The second-order valence-corrected chi connectivity index (χ2v) is 7.10. The predicted octanol–water partition coefficient (Wildman–Crippen LogP) is 4.59. The number of aliphatic hydroxyl groups is 1. The van der Waals surface area contributed by atoms with Crippen molar-refractivity contribution in [3.8, 4) is 0 Å². The first kappa shape index (κ1) is 23.6. The van der Waals surface area contributed by atoms with Gasteiger partial charge in [0.1, 0.15) is 6.61 Å². The average molecular weight is 460 g/mol. The number of benzene rings is 2. The van der Waals surface area contributed by atoms with Crippen molar-refractivity contribution >= 4 is 22.5 Å². The summed E-state index contributed by atoms with van der Waals surface area (Å²) in [5.74, 6) is -0.330. The van der Waals surface area contributed by atoms with E-state index in [0.717, 1.165) is 23.0 Å². The van der Waals surface area contributed by atoms with Crippen molar-refractivity contribution in [3.63, 3.8) is 0 Å². The highest BCUT2D eigenvalue weighted by molar-refractivity contribution is 5.94. The number of aromatic nitrogens is 1. The first-order valence-corrected chi connectivity index (χ1v) is 9.20. The number of halogens is 6. The standard InChI is InChI=1S/C21H18F6N2O3/c1-32-12-18(30)28-16-6-7-17-14(10-16)8-9-29(17)11-13-2-4-15(5-3-13)19(31,20(22,23)24)21(25,26)27/h2-10,31H,11-12H2,1H3,(H,28,30). The third-order valence-corrected chi connectivity index (χ3v) is 4.88. The van der Waals surface area contributed by atoms with E-state index in [1.807, 2.05) is 0 Å². The molecule has 3 aromatic rings. The van der Waals surface area contributed by atoms with E-state index in [2.05, 4.69) is 5.32 Å². The molecule has 1 aromatic heterocycles. The van der Waals surface area contributed by atoms with Gasteiger partial charge >= 0.3 is 12.4 Å². The number of ether oxygens (including phenoxy) is 1. The smallest absolute Gasteiger partial charge is 0.375 e. The maximum Gasteiger partial charge on any atom is 0.430 e. The molecule has 3 rings (SSSR count). The number of anilines is 1. The van der Waals surface area contributed by atoms with Crippen LogP contribution in [-0.2, 0) is 21.7 Å². The maximum absolute atomic E-state index is 13.0. The summed E-state index contributed by atoms with van der Waals surface area (Å²) < 4.78 is 84.6. The number of rotatable bonds is 6. The van der Waals surface area contributed by atoms with Crippen LogP contribution >= 0.6 is 0 Å². The van der Waals surface area contributed by atoms with Crippen LogP contribution in [0.1, 0.15) is 11.1 Å². The highest BCUT2D eigenvalue weighted by Crippen LogP contribution is 2.49. The van der Waals surface area contributed by atoms with E-state index in [-0.39, 0.29) is 19.1 Å². The molecule has 0 bridgehead atoms. The molecule has 0 atom stereocenters. The highest BCUT2D eigenvalue weighted by atomic mass is 19.4. The minimum Gasteiger partial charge on any atom is -0.375 e. The molecule has 0 radical (unpaired) electrons. The Morgan fingerprint density at radius 3 is 2.19 bits per heavy atom. The van der Waals surface area contributed by atoms with Crippen molar-refractivity contribution in [3.05, 3.63) is 65.9 Å². The summed E-state index contributed by atoms with van der Waals surface area (Å²) in [6.07, 6.45) is -10.2. The number of hydrogen-bond acceptors (Lipinski definition) is 3.